The Kier molecular flexibility index (Phi) is 3.03. The Morgan fingerprint density at radius 2 is 2.23 bits per heavy atom. The van der Waals surface area contributed by atoms with E-state index in [1.807, 2.05) is 0 Å². The molecule has 1 N–H and O–H groups in total. The lowest BCUT2D eigenvalue weighted by molar-refractivity contribution is -0.114. The van der Waals surface area contributed by atoms with Gasteiger partial charge >= 0.3 is 0 Å². The highest BCUT2D eigenvalue weighted by Gasteiger charge is 2.01. The lowest BCUT2D eigenvalue weighted by Gasteiger charge is -2.02. The first-order chi connectivity index (χ1) is 6.13. The van der Waals surface area contributed by atoms with E-state index in [1.165, 1.54) is 13.0 Å². The third-order valence-electron chi connectivity index (χ3n) is 1.44. The maximum absolute atomic E-state index is 10.7. The van der Waals surface area contributed by atoms with Gasteiger partial charge in [0.05, 0.1) is 5.02 Å². The topological polar surface area (TPSA) is 46.2 Å². The Hall–Kier alpha value is -1.35. The van der Waals surface area contributed by atoms with Crippen LogP contribution in [-0.2, 0) is 4.79 Å². The Balaban J connectivity index is 2.99. The molecule has 0 bridgehead atoms. The van der Waals surface area contributed by atoms with Crippen molar-refractivity contribution in [2.24, 2.45) is 0 Å². The van der Waals surface area contributed by atoms with Gasteiger partial charge in [-0.1, -0.05) is 11.6 Å². The van der Waals surface area contributed by atoms with Crippen molar-refractivity contribution in [3.05, 3.63) is 28.8 Å². The smallest absolute Gasteiger partial charge is 0.221 e. The van der Waals surface area contributed by atoms with Crippen molar-refractivity contribution in [3.63, 3.8) is 0 Å². The number of nitrogens with one attached hydrogen (secondary N) is 1. The molecule has 0 spiro atoms. The van der Waals surface area contributed by atoms with Gasteiger partial charge in [-0.2, -0.15) is 0 Å². The van der Waals surface area contributed by atoms with Crippen LogP contribution in [0.3, 0.4) is 0 Å². The van der Waals surface area contributed by atoms with Crippen molar-refractivity contribution < 1.29 is 9.59 Å². The molecule has 0 aliphatic carbocycles. The number of anilines is 1. The molecule has 1 amide bonds. The summed E-state index contributed by atoms with van der Waals surface area (Å²) in [6.45, 7) is 1.40. The molecule has 1 aromatic carbocycles. The average Bonchev–Trinajstić information content (AvgIpc) is 2.07. The second-order valence-corrected chi connectivity index (χ2v) is 2.94. The first-order valence-electron chi connectivity index (χ1n) is 3.66. The summed E-state index contributed by atoms with van der Waals surface area (Å²) in [5, 5.41) is 2.93. The lowest BCUT2D eigenvalue weighted by Crippen LogP contribution is -2.05. The molecule has 0 aliphatic heterocycles. The first-order valence-corrected chi connectivity index (χ1v) is 4.03. The van der Waals surface area contributed by atoms with Gasteiger partial charge < -0.3 is 5.32 Å². The number of carbonyl (C=O) groups excluding carboxylic acids is 2. The van der Waals surface area contributed by atoms with E-state index in [-0.39, 0.29) is 5.91 Å². The number of benzene rings is 1. The first kappa shape index (κ1) is 9.74. The summed E-state index contributed by atoms with van der Waals surface area (Å²) < 4.78 is 0. The molecule has 0 radical (unpaired) electrons. The Bertz CT molecular complexity index is 349. The van der Waals surface area contributed by atoms with Crippen molar-refractivity contribution in [2.45, 2.75) is 6.92 Å². The van der Waals surface area contributed by atoms with E-state index in [0.717, 1.165) is 0 Å². The van der Waals surface area contributed by atoms with Gasteiger partial charge in [-0.3, -0.25) is 9.59 Å². The van der Waals surface area contributed by atoms with Crippen LogP contribution in [0, 0.1) is 0 Å². The van der Waals surface area contributed by atoms with Crippen molar-refractivity contribution in [2.75, 3.05) is 5.32 Å². The second-order valence-electron chi connectivity index (χ2n) is 2.54. The van der Waals surface area contributed by atoms with Gasteiger partial charge in [0.1, 0.15) is 0 Å². The van der Waals surface area contributed by atoms with Crippen LogP contribution < -0.4 is 5.32 Å². The van der Waals surface area contributed by atoms with E-state index in [9.17, 15) is 9.59 Å². The third-order valence-corrected chi connectivity index (χ3v) is 1.79. The molecule has 0 aliphatic rings. The predicted octanol–water partition coefficient (Wildman–Crippen LogP) is 2.11. The highest BCUT2D eigenvalue weighted by molar-refractivity contribution is 6.33. The summed E-state index contributed by atoms with van der Waals surface area (Å²) in [6, 6.07) is 4.73. The van der Waals surface area contributed by atoms with E-state index < -0.39 is 0 Å². The number of aldehydes is 1. The summed E-state index contributed by atoms with van der Waals surface area (Å²) in [5.74, 6) is -0.181. The van der Waals surface area contributed by atoms with Crippen LogP contribution in [-0.4, -0.2) is 12.2 Å². The van der Waals surface area contributed by atoms with E-state index >= 15 is 0 Å². The molecule has 13 heavy (non-hydrogen) atoms. The molecular weight excluding hydrogens is 190 g/mol. The van der Waals surface area contributed by atoms with Crippen molar-refractivity contribution >= 4 is 29.5 Å². The average molecular weight is 198 g/mol. The number of rotatable bonds is 2. The van der Waals surface area contributed by atoms with Crippen LogP contribution in [0.15, 0.2) is 18.2 Å². The fourth-order valence-corrected chi connectivity index (χ4v) is 1.08. The zero-order valence-corrected chi connectivity index (χ0v) is 7.76. The van der Waals surface area contributed by atoms with Crippen molar-refractivity contribution in [3.8, 4) is 0 Å². The molecule has 1 aromatic rings. The lowest BCUT2D eigenvalue weighted by atomic mass is 10.2. The van der Waals surface area contributed by atoms with Gasteiger partial charge in [-0.05, 0) is 18.2 Å². The van der Waals surface area contributed by atoms with Crippen LogP contribution in [0.1, 0.15) is 17.3 Å². The standard InChI is InChI=1S/C9H8ClNO2/c1-6(13)11-8-2-3-9(10)7(4-8)5-12/h2-5H,1H3,(H,11,13). The highest BCUT2D eigenvalue weighted by atomic mass is 35.5. The fourth-order valence-electron chi connectivity index (χ4n) is 0.915. The van der Waals surface area contributed by atoms with Gasteiger partial charge in [0.2, 0.25) is 5.91 Å². The fraction of sp³-hybridized carbons (Fsp3) is 0.111. The van der Waals surface area contributed by atoms with Crippen molar-refractivity contribution in [1.82, 2.24) is 0 Å². The van der Waals surface area contributed by atoms with Crippen LogP contribution in [0.4, 0.5) is 5.69 Å². The quantitative estimate of drug-likeness (QED) is 0.739. The molecule has 0 unspecified atom stereocenters. The van der Waals surface area contributed by atoms with Crippen LogP contribution in [0.5, 0.6) is 0 Å². The summed E-state index contributed by atoms with van der Waals surface area (Å²) in [5.41, 5.74) is 0.937. The third kappa shape index (κ3) is 2.56. The molecule has 0 heterocycles. The summed E-state index contributed by atoms with van der Waals surface area (Å²) in [4.78, 5) is 21.1. The number of hydrogen-bond donors (Lipinski definition) is 1. The maximum Gasteiger partial charge on any atom is 0.221 e. The molecule has 0 fully saturated rings. The minimum atomic E-state index is -0.181. The summed E-state index contributed by atoms with van der Waals surface area (Å²) >= 11 is 5.69. The summed E-state index contributed by atoms with van der Waals surface area (Å²) in [7, 11) is 0. The molecule has 0 aromatic heterocycles. The molecule has 68 valence electrons. The van der Waals surface area contributed by atoms with Crippen LogP contribution in [0.2, 0.25) is 5.02 Å². The minimum Gasteiger partial charge on any atom is -0.326 e. The molecule has 4 heteroatoms. The summed E-state index contributed by atoms with van der Waals surface area (Å²) in [6.07, 6.45) is 0.646. The van der Waals surface area contributed by atoms with E-state index in [4.69, 9.17) is 11.6 Å². The van der Waals surface area contributed by atoms with Gasteiger partial charge in [-0.25, -0.2) is 0 Å². The second kappa shape index (κ2) is 4.05. The van der Waals surface area contributed by atoms with E-state index in [0.29, 0.717) is 22.6 Å². The SMILES string of the molecule is CC(=O)Nc1ccc(Cl)c(C=O)c1. The molecule has 0 atom stereocenters. The Morgan fingerprint density at radius 3 is 2.77 bits per heavy atom. The normalized spacial score (nSPS) is 9.38. The monoisotopic (exact) mass is 197 g/mol. The van der Waals surface area contributed by atoms with Crippen molar-refractivity contribution in [1.29, 1.82) is 0 Å². The van der Waals surface area contributed by atoms with Gasteiger partial charge in [-0.15, -0.1) is 0 Å². The highest BCUT2D eigenvalue weighted by Crippen LogP contribution is 2.18. The van der Waals surface area contributed by atoms with Gasteiger partial charge in [0.25, 0.3) is 0 Å². The number of halogens is 1. The van der Waals surface area contributed by atoms with Gasteiger partial charge in [0.15, 0.2) is 6.29 Å². The predicted molar refractivity (Wildman–Crippen MR) is 51.1 cm³/mol. The minimum absolute atomic E-state index is 0.181. The van der Waals surface area contributed by atoms with E-state index in [1.54, 1.807) is 12.1 Å². The van der Waals surface area contributed by atoms with E-state index in [2.05, 4.69) is 5.32 Å². The molecule has 0 saturated heterocycles. The number of carbonyl (C=O) groups is 2. The maximum atomic E-state index is 10.7. The zero-order chi connectivity index (χ0) is 9.84. The largest absolute Gasteiger partial charge is 0.326 e. The molecule has 0 saturated carbocycles. The van der Waals surface area contributed by atoms with Gasteiger partial charge in [0, 0.05) is 18.2 Å². The number of amides is 1. The van der Waals surface area contributed by atoms with Crippen LogP contribution >= 0.6 is 11.6 Å². The number of hydrogen-bond acceptors (Lipinski definition) is 2. The molecular formula is C9H8ClNO2. The van der Waals surface area contributed by atoms with Crippen LogP contribution in [0.25, 0.3) is 0 Å². The molecule has 3 nitrogen and oxygen atoms in total. The Morgan fingerprint density at radius 1 is 1.54 bits per heavy atom. The Labute approximate surface area is 80.7 Å². The zero-order valence-electron chi connectivity index (χ0n) is 7.00. The molecule has 1 rings (SSSR count).